The zero-order chi connectivity index (χ0) is 16.1. The summed E-state index contributed by atoms with van der Waals surface area (Å²) in [7, 11) is 0. The molecule has 2 aromatic rings. The van der Waals surface area contributed by atoms with Crippen molar-refractivity contribution in [2.75, 3.05) is 5.32 Å². The fraction of sp³-hybridized carbons (Fsp3) is 0.188. The molecule has 0 aliphatic carbocycles. The summed E-state index contributed by atoms with van der Waals surface area (Å²) in [5.41, 5.74) is 9.96. The van der Waals surface area contributed by atoms with Gasteiger partial charge in [0.15, 0.2) is 5.96 Å². The number of guanidine groups is 1. The highest BCUT2D eigenvalue weighted by atomic mass is 16.6. The number of nitrogens with zero attached hydrogens (tertiary/aromatic N) is 2. The van der Waals surface area contributed by atoms with Crippen LogP contribution in [0.5, 0.6) is 0 Å². The van der Waals surface area contributed by atoms with Crippen LogP contribution in [0.3, 0.4) is 0 Å². The fourth-order valence-electron chi connectivity index (χ4n) is 2.13. The topological polar surface area (TPSA) is 93.5 Å². The van der Waals surface area contributed by atoms with Gasteiger partial charge in [-0.15, -0.1) is 0 Å². The van der Waals surface area contributed by atoms with Gasteiger partial charge in [-0.1, -0.05) is 18.2 Å². The van der Waals surface area contributed by atoms with Crippen LogP contribution in [0.4, 0.5) is 11.4 Å². The van der Waals surface area contributed by atoms with Crippen molar-refractivity contribution < 1.29 is 4.92 Å². The lowest BCUT2D eigenvalue weighted by Gasteiger charge is -2.08. The summed E-state index contributed by atoms with van der Waals surface area (Å²) in [6, 6.07) is 12.3. The average Bonchev–Trinajstić information content (AvgIpc) is 2.44. The molecule has 0 saturated heterocycles. The van der Waals surface area contributed by atoms with Gasteiger partial charge in [0.05, 0.1) is 11.5 Å². The van der Waals surface area contributed by atoms with Crippen LogP contribution >= 0.6 is 0 Å². The molecule has 0 fully saturated rings. The Morgan fingerprint density at radius 1 is 1.18 bits per heavy atom. The minimum Gasteiger partial charge on any atom is -0.370 e. The van der Waals surface area contributed by atoms with E-state index < -0.39 is 4.92 Å². The molecule has 0 aromatic heterocycles. The first-order valence-corrected chi connectivity index (χ1v) is 6.82. The molecule has 0 amide bonds. The third kappa shape index (κ3) is 4.31. The normalized spacial score (nSPS) is 11.3. The van der Waals surface area contributed by atoms with Crippen LogP contribution in [0.1, 0.15) is 16.7 Å². The molecule has 0 aliphatic heterocycles. The Balaban J connectivity index is 2.01. The van der Waals surface area contributed by atoms with Crippen LogP contribution in [0.25, 0.3) is 0 Å². The smallest absolute Gasteiger partial charge is 0.269 e. The highest BCUT2D eigenvalue weighted by Crippen LogP contribution is 2.14. The first-order chi connectivity index (χ1) is 10.4. The molecule has 0 spiro atoms. The van der Waals surface area contributed by atoms with Gasteiger partial charge in [-0.3, -0.25) is 10.1 Å². The molecule has 2 rings (SSSR count). The van der Waals surface area contributed by atoms with E-state index in [4.69, 9.17) is 5.73 Å². The quantitative estimate of drug-likeness (QED) is 0.392. The highest BCUT2D eigenvalue weighted by Gasteiger charge is 2.03. The van der Waals surface area contributed by atoms with Gasteiger partial charge < -0.3 is 11.1 Å². The molecule has 22 heavy (non-hydrogen) atoms. The second-order valence-electron chi connectivity index (χ2n) is 5.13. The van der Waals surface area contributed by atoms with Crippen molar-refractivity contribution in [3.8, 4) is 0 Å². The highest BCUT2D eigenvalue weighted by molar-refractivity contribution is 5.92. The van der Waals surface area contributed by atoms with Crippen LogP contribution in [0.2, 0.25) is 0 Å². The van der Waals surface area contributed by atoms with Crippen LogP contribution in [-0.4, -0.2) is 10.9 Å². The van der Waals surface area contributed by atoms with Gasteiger partial charge in [-0.05, 0) is 42.7 Å². The summed E-state index contributed by atoms with van der Waals surface area (Å²) in [5, 5.41) is 13.6. The van der Waals surface area contributed by atoms with E-state index in [1.54, 1.807) is 12.1 Å². The molecule has 0 atom stereocenters. The van der Waals surface area contributed by atoms with Crippen molar-refractivity contribution in [2.24, 2.45) is 10.7 Å². The SMILES string of the molecule is Cc1cc(C)cc(NC(N)=NCc2ccc([N+](=O)[O-])cc2)c1. The average molecular weight is 298 g/mol. The van der Waals surface area contributed by atoms with Gasteiger partial charge >= 0.3 is 0 Å². The zero-order valence-electron chi connectivity index (χ0n) is 12.5. The second kappa shape index (κ2) is 6.71. The third-order valence-corrected chi connectivity index (χ3v) is 3.07. The monoisotopic (exact) mass is 298 g/mol. The van der Waals surface area contributed by atoms with Crippen LogP contribution in [0.15, 0.2) is 47.5 Å². The predicted octanol–water partition coefficient (Wildman–Crippen LogP) is 3.14. The van der Waals surface area contributed by atoms with Crippen molar-refractivity contribution in [1.29, 1.82) is 0 Å². The summed E-state index contributed by atoms with van der Waals surface area (Å²) in [5.74, 6) is 0.309. The Labute approximate surface area is 128 Å². The number of anilines is 1. The summed E-state index contributed by atoms with van der Waals surface area (Å²) < 4.78 is 0. The van der Waals surface area contributed by atoms with E-state index in [-0.39, 0.29) is 5.69 Å². The molecule has 114 valence electrons. The Bertz CT molecular complexity index is 688. The molecule has 2 aromatic carbocycles. The fourth-order valence-corrected chi connectivity index (χ4v) is 2.13. The standard InChI is InChI=1S/C16H18N4O2/c1-11-7-12(2)9-14(8-11)19-16(17)18-10-13-3-5-15(6-4-13)20(21)22/h3-9H,10H2,1-2H3,(H3,17,18,19). The first-order valence-electron chi connectivity index (χ1n) is 6.82. The summed E-state index contributed by atoms with van der Waals surface area (Å²) in [4.78, 5) is 14.4. The summed E-state index contributed by atoms with van der Waals surface area (Å²) in [6.45, 7) is 4.40. The maximum absolute atomic E-state index is 10.6. The molecule has 0 unspecified atom stereocenters. The first kappa shape index (κ1) is 15.5. The molecule has 0 saturated carbocycles. The van der Waals surface area contributed by atoms with Gasteiger partial charge in [-0.2, -0.15) is 0 Å². The van der Waals surface area contributed by atoms with E-state index in [0.717, 1.165) is 22.4 Å². The lowest BCUT2D eigenvalue weighted by Crippen LogP contribution is -2.22. The lowest BCUT2D eigenvalue weighted by atomic mass is 10.1. The number of nitro groups is 1. The van der Waals surface area contributed by atoms with Gasteiger partial charge in [0.25, 0.3) is 5.69 Å². The van der Waals surface area contributed by atoms with E-state index in [9.17, 15) is 10.1 Å². The number of hydrogen-bond donors (Lipinski definition) is 2. The van der Waals surface area contributed by atoms with E-state index in [2.05, 4.69) is 16.4 Å². The van der Waals surface area contributed by atoms with Crippen molar-refractivity contribution in [3.05, 3.63) is 69.3 Å². The summed E-state index contributed by atoms with van der Waals surface area (Å²) >= 11 is 0. The largest absolute Gasteiger partial charge is 0.370 e. The molecule has 0 bridgehead atoms. The molecular weight excluding hydrogens is 280 g/mol. The zero-order valence-corrected chi connectivity index (χ0v) is 12.5. The molecule has 0 radical (unpaired) electrons. The third-order valence-electron chi connectivity index (χ3n) is 3.07. The van der Waals surface area contributed by atoms with Crippen molar-refractivity contribution in [1.82, 2.24) is 0 Å². The maximum Gasteiger partial charge on any atom is 0.269 e. The lowest BCUT2D eigenvalue weighted by molar-refractivity contribution is -0.384. The number of hydrogen-bond acceptors (Lipinski definition) is 3. The van der Waals surface area contributed by atoms with Crippen LogP contribution in [-0.2, 0) is 6.54 Å². The number of nitro benzene ring substituents is 1. The van der Waals surface area contributed by atoms with Crippen LogP contribution in [0, 0.1) is 24.0 Å². The van der Waals surface area contributed by atoms with E-state index in [1.165, 1.54) is 12.1 Å². The van der Waals surface area contributed by atoms with Crippen molar-refractivity contribution in [2.45, 2.75) is 20.4 Å². The van der Waals surface area contributed by atoms with E-state index in [1.807, 2.05) is 26.0 Å². The van der Waals surface area contributed by atoms with Crippen molar-refractivity contribution >= 4 is 17.3 Å². The maximum atomic E-state index is 10.6. The Morgan fingerprint density at radius 3 is 2.32 bits per heavy atom. The van der Waals surface area contributed by atoms with Gasteiger partial charge in [0, 0.05) is 17.8 Å². The molecule has 0 aliphatic rings. The van der Waals surface area contributed by atoms with Gasteiger partial charge in [-0.25, -0.2) is 4.99 Å². The second-order valence-corrected chi connectivity index (χ2v) is 5.13. The van der Waals surface area contributed by atoms with E-state index >= 15 is 0 Å². The van der Waals surface area contributed by atoms with Crippen LogP contribution < -0.4 is 11.1 Å². The molecule has 6 heteroatoms. The summed E-state index contributed by atoms with van der Waals surface area (Å²) in [6.07, 6.45) is 0. The minimum absolute atomic E-state index is 0.0639. The molecule has 3 N–H and O–H groups in total. The van der Waals surface area contributed by atoms with E-state index in [0.29, 0.717) is 12.5 Å². The Morgan fingerprint density at radius 2 is 1.77 bits per heavy atom. The molecular formula is C16H18N4O2. The number of nitrogens with one attached hydrogen (secondary N) is 1. The Kier molecular flexibility index (Phi) is 4.73. The number of non-ortho nitro benzene ring substituents is 1. The van der Waals surface area contributed by atoms with Gasteiger partial charge in [0.2, 0.25) is 0 Å². The number of aliphatic imine (C=N–C) groups is 1. The minimum atomic E-state index is -0.428. The van der Waals surface area contributed by atoms with Gasteiger partial charge in [0.1, 0.15) is 0 Å². The number of benzene rings is 2. The van der Waals surface area contributed by atoms with Crippen molar-refractivity contribution in [3.63, 3.8) is 0 Å². The Hall–Kier alpha value is -2.89. The number of nitrogens with two attached hydrogens (primary N) is 1. The molecule has 6 nitrogen and oxygen atoms in total. The number of rotatable bonds is 4. The number of aryl methyl sites for hydroxylation is 2. The molecule has 0 heterocycles. The predicted molar refractivity (Wildman–Crippen MR) is 88.0 cm³/mol.